The van der Waals surface area contributed by atoms with Gasteiger partial charge in [-0.15, -0.1) is 0 Å². The number of ether oxygens (including phenoxy) is 3. The molecule has 9 nitrogen and oxygen atoms in total. The van der Waals surface area contributed by atoms with E-state index in [0.717, 1.165) is 4.90 Å². The first-order valence-electron chi connectivity index (χ1n) is 9.32. The van der Waals surface area contributed by atoms with E-state index in [1.807, 2.05) is 18.2 Å². The van der Waals surface area contributed by atoms with Gasteiger partial charge >= 0.3 is 11.9 Å². The van der Waals surface area contributed by atoms with Crippen LogP contribution >= 0.6 is 0 Å². The van der Waals surface area contributed by atoms with Crippen LogP contribution in [0.1, 0.15) is 12.8 Å². The molecule has 9 heteroatoms. The van der Waals surface area contributed by atoms with Gasteiger partial charge in [-0.3, -0.25) is 19.2 Å². The Bertz CT molecular complexity index is 697. The molecule has 0 aliphatic carbocycles. The van der Waals surface area contributed by atoms with Crippen LogP contribution in [0.2, 0.25) is 0 Å². The van der Waals surface area contributed by atoms with E-state index in [2.05, 4.69) is 9.47 Å². The Labute approximate surface area is 169 Å². The highest BCUT2D eigenvalue weighted by Crippen LogP contribution is 2.20. The number of methoxy groups -OCH3 is 2. The first-order valence-corrected chi connectivity index (χ1v) is 9.32. The Morgan fingerprint density at radius 2 is 1.52 bits per heavy atom. The zero-order chi connectivity index (χ0) is 21.2. The van der Waals surface area contributed by atoms with Crippen molar-refractivity contribution in [1.82, 2.24) is 9.80 Å². The lowest BCUT2D eigenvalue weighted by molar-refractivity contribution is -0.154. The molecule has 0 unspecified atom stereocenters. The molecule has 0 saturated carbocycles. The number of piperidine rings is 1. The van der Waals surface area contributed by atoms with E-state index >= 15 is 0 Å². The molecule has 1 aromatic carbocycles. The third-order valence-electron chi connectivity index (χ3n) is 4.71. The fourth-order valence-electron chi connectivity index (χ4n) is 3.04. The molecule has 158 valence electrons. The summed E-state index contributed by atoms with van der Waals surface area (Å²) in [6, 6.07) is 9.06. The third-order valence-corrected chi connectivity index (χ3v) is 4.71. The maximum Gasteiger partial charge on any atom is 0.325 e. The Hall–Kier alpha value is -3.10. The highest BCUT2D eigenvalue weighted by molar-refractivity contribution is 5.87. The Kier molecular flexibility index (Phi) is 8.45. The molecule has 1 fully saturated rings. The number of hydrogen-bond donors (Lipinski definition) is 0. The van der Waals surface area contributed by atoms with Crippen molar-refractivity contribution in [3.63, 3.8) is 0 Å². The van der Waals surface area contributed by atoms with Crippen molar-refractivity contribution in [3.8, 4) is 5.75 Å². The summed E-state index contributed by atoms with van der Waals surface area (Å²) in [5, 5.41) is 0. The van der Waals surface area contributed by atoms with Crippen LogP contribution in [0.15, 0.2) is 30.3 Å². The number of amides is 2. The molecular formula is C20H26N2O7. The summed E-state index contributed by atoms with van der Waals surface area (Å²) in [6.07, 6.45) is 0.878. The Morgan fingerprint density at radius 1 is 0.966 bits per heavy atom. The second-order valence-corrected chi connectivity index (χ2v) is 6.60. The van der Waals surface area contributed by atoms with Crippen LogP contribution in [0.5, 0.6) is 5.75 Å². The molecule has 0 bridgehead atoms. The summed E-state index contributed by atoms with van der Waals surface area (Å²) in [5.74, 6) is -1.48. The number of esters is 2. The smallest absolute Gasteiger partial charge is 0.325 e. The van der Waals surface area contributed by atoms with Crippen molar-refractivity contribution in [3.05, 3.63) is 30.3 Å². The van der Waals surface area contributed by atoms with Crippen LogP contribution in [0.3, 0.4) is 0 Å². The minimum atomic E-state index is -0.618. The molecule has 2 rings (SSSR count). The molecule has 0 spiro atoms. The predicted octanol–water partition coefficient (Wildman–Crippen LogP) is 0.479. The molecule has 0 radical (unpaired) electrons. The molecule has 1 aliphatic heterocycles. The monoisotopic (exact) mass is 406 g/mol. The van der Waals surface area contributed by atoms with E-state index in [9.17, 15) is 19.2 Å². The molecule has 29 heavy (non-hydrogen) atoms. The number of carbonyl (C=O) groups is 4. The molecule has 1 heterocycles. The fourth-order valence-corrected chi connectivity index (χ4v) is 3.04. The second kappa shape index (κ2) is 11.0. The Balaban J connectivity index is 1.86. The number of hydrogen-bond acceptors (Lipinski definition) is 7. The van der Waals surface area contributed by atoms with E-state index in [0.29, 0.717) is 31.7 Å². The average molecular weight is 406 g/mol. The number of likely N-dealkylation sites (tertiary alicyclic amines) is 1. The van der Waals surface area contributed by atoms with Crippen LogP contribution < -0.4 is 4.74 Å². The van der Waals surface area contributed by atoms with Gasteiger partial charge in [0, 0.05) is 19.0 Å². The predicted molar refractivity (Wildman–Crippen MR) is 102 cm³/mol. The van der Waals surface area contributed by atoms with E-state index < -0.39 is 11.9 Å². The summed E-state index contributed by atoms with van der Waals surface area (Å²) in [5.41, 5.74) is 0. The van der Waals surface area contributed by atoms with E-state index in [1.165, 1.54) is 14.2 Å². The van der Waals surface area contributed by atoms with Gasteiger partial charge < -0.3 is 24.0 Å². The topological polar surface area (TPSA) is 102 Å². The fraction of sp³-hybridized carbons (Fsp3) is 0.500. The molecule has 1 aromatic rings. The van der Waals surface area contributed by atoms with E-state index in [-0.39, 0.29) is 37.4 Å². The van der Waals surface area contributed by atoms with Crippen molar-refractivity contribution in [2.24, 2.45) is 5.92 Å². The number of benzene rings is 1. The van der Waals surface area contributed by atoms with Gasteiger partial charge in [0.25, 0.3) is 5.91 Å². The van der Waals surface area contributed by atoms with Gasteiger partial charge in [-0.25, -0.2) is 0 Å². The minimum Gasteiger partial charge on any atom is -0.484 e. The van der Waals surface area contributed by atoms with Crippen molar-refractivity contribution >= 4 is 23.8 Å². The third kappa shape index (κ3) is 6.78. The molecule has 0 atom stereocenters. The number of rotatable bonds is 8. The lowest BCUT2D eigenvalue weighted by Crippen LogP contribution is -2.48. The summed E-state index contributed by atoms with van der Waals surface area (Å²) in [4.78, 5) is 51.0. The van der Waals surface area contributed by atoms with E-state index in [1.54, 1.807) is 17.0 Å². The molecule has 1 aliphatic rings. The lowest BCUT2D eigenvalue weighted by Gasteiger charge is -2.33. The first-order chi connectivity index (χ1) is 13.9. The van der Waals surface area contributed by atoms with Crippen LogP contribution in [0.4, 0.5) is 0 Å². The van der Waals surface area contributed by atoms with E-state index in [4.69, 9.17) is 4.74 Å². The molecule has 2 amide bonds. The number of nitrogens with zero attached hydrogens (tertiary/aromatic N) is 2. The molecule has 0 aromatic heterocycles. The Morgan fingerprint density at radius 3 is 2.03 bits per heavy atom. The molecule has 0 N–H and O–H groups in total. The van der Waals surface area contributed by atoms with Gasteiger partial charge in [-0.2, -0.15) is 0 Å². The van der Waals surface area contributed by atoms with Crippen molar-refractivity contribution in [2.45, 2.75) is 12.8 Å². The largest absolute Gasteiger partial charge is 0.484 e. The first kappa shape index (κ1) is 22.2. The normalized spacial score (nSPS) is 14.1. The highest BCUT2D eigenvalue weighted by atomic mass is 16.5. The zero-order valence-corrected chi connectivity index (χ0v) is 16.7. The van der Waals surface area contributed by atoms with Gasteiger partial charge in [0.05, 0.1) is 14.2 Å². The van der Waals surface area contributed by atoms with Gasteiger partial charge in [0.15, 0.2) is 6.61 Å². The SMILES string of the molecule is COC(=O)CN(CC(=O)OC)C(=O)C1CCN(C(=O)COc2ccccc2)CC1. The van der Waals surface area contributed by atoms with Crippen LogP contribution in [-0.4, -0.2) is 80.6 Å². The summed E-state index contributed by atoms with van der Waals surface area (Å²) < 4.78 is 14.7. The van der Waals surface area contributed by atoms with Gasteiger partial charge in [0.2, 0.25) is 5.91 Å². The standard InChI is InChI=1S/C20H26N2O7/c1-27-18(24)12-22(13-19(25)28-2)20(26)15-8-10-21(11-9-15)17(23)14-29-16-6-4-3-5-7-16/h3-7,15H,8-14H2,1-2H3. The van der Waals surface area contributed by atoms with Gasteiger partial charge in [0.1, 0.15) is 18.8 Å². The van der Waals surface area contributed by atoms with Crippen LogP contribution in [0.25, 0.3) is 0 Å². The van der Waals surface area contributed by atoms with Gasteiger partial charge in [-0.05, 0) is 25.0 Å². The summed E-state index contributed by atoms with van der Waals surface area (Å²) in [6.45, 7) is 0.0811. The minimum absolute atomic E-state index is 0.0700. The van der Waals surface area contributed by atoms with Crippen LogP contribution in [0, 0.1) is 5.92 Å². The average Bonchev–Trinajstić information content (AvgIpc) is 2.77. The molecular weight excluding hydrogens is 380 g/mol. The van der Waals surface area contributed by atoms with Crippen molar-refractivity contribution in [2.75, 3.05) is 47.0 Å². The number of carbonyl (C=O) groups excluding carboxylic acids is 4. The molecule has 1 saturated heterocycles. The second-order valence-electron chi connectivity index (χ2n) is 6.60. The summed E-state index contributed by atoms with van der Waals surface area (Å²) in [7, 11) is 2.43. The zero-order valence-electron chi connectivity index (χ0n) is 16.7. The quantitative estimate of drug-likeness (QED) is 0.579. The van der Waals surface area contributed by atoms with Crippen molar-refractivity contribution in [1.29, 1.82) is 0 Å². The van der Waals surface area contributed by atoms with Crippen LogP contribution in [-0.2, 0) is 28.7 Å². The maximum absolute atomic E-state index is 12.8. The maximum atomic E-state index is 12.8. The van der Waals surface area contributed by atoms with Crippen molar-refractivity contribution < 1.29 is 33.4 Å². The van der Waals surface area contributed by atoms with Gasteiger partial charge in [-0.1, -0.05) is 18.2 Å². The summed E-state index contributed by atoms with van der Waals surface area (Å²) >= 11 is 0. The lowest BCUT2D eigenvalue weighted by atomic mass is 9.95. The number of para-hydroxylation sites is 1. The highest BCUT2D eigenvalue weighted by Gasteiger charge is 2.32.